The van der Waals surface area contributed by atoms with Crippen molar-refractivity contribution < 1.29 is 4.39 Å². The molecule has 5 rings (SSSR count). The average Bonchev–Trinajstić information content (AvgIpc) is 3.21. The van der Waals surface area contributed by atoms with Crippen molar-refractivity contribution in [3.8, 4) is 5.69 Å². The van der Waals surface area contributed by atoms with E-state index < -0.39 is 0 Å². The Morgan fingerprint density at radius 3 is 2.53 bits per heavy atom. The molecule has 0 spiro atoms. The minimum atomic E-state index is -0.245. The average molecular weight is 404 g/mol. The molecule has 1 saturated heterocycles. The number of hydrogen-bond donors (Lipinski definition) is 2. The summed E-state index contributed by atoms with van der Waals surface area (Å²) >= 11 is 0. The zero-order valence-corrected chi connectivity index (χ0v) is 16.3. The van der Waals surface area contributed by atoms with E-state index in [2.05, 4.69) is 20.3 Å². The van der Waals surface area contributed by atoms with E-state index in [0.29, 0.717) is 35.8 Å². The quantitative estimate of drug-likeness (QED) is 0.546. The molecule has 1 aliphatic rings. The van der Waals surface area contributed by atoms with E-state index in [4.69, 9.17) is 4.98 Å². The summed E-state index contributed by atoms with van der Waals surface area (Å²) in [7, 11) is 0. The number of benzene rings is 2. The summed E-state index contributed by atoms with van der Waals surface area (Å²) in [5.74, 6) is 0.292. The van der Waals surface area contributed by atoms with Crippen molar-refractivity contribution in [2.45, 2.75) is 18.9 Å². The number of hydrogen-bond acceptors (Lipinski definition) is 5. The Labute approximate surface area is 172 Å². The largest absolute Gasteiger partial charge is 0.380 e. The number of aromatic nitrogens is 4. The van der Waals surface area contributed by atoms with E-state index in [0.717, 1.165) is 18.5 Å². The summed E-state index contributed by atoms with van der Waals surface area (Å²) in [5.41, 5.74) is 1.70. The summed E-state index contributed by atoms with van der Waals surface area (Å²) in [4.78, 5) is 22.3. The minimum absolute atomic E-state index is 0.170. The number of fused-ring (bicyclic) bond motifs is 1. The Morgan fingerprint density at radius 2 is 1.77 bits per heavy atom. The fourth-order valence-electron chi connectivity index (χ4n) is 3.85. The van der Waals surface area contributed by atoms with Gasteiger partial charge in [0.2, 0.25) is 5.95 Å². The van der Waals surface area contributed by atoms with Gasteiger partial charge in [0.15, 0.2) is 5.65 Å². The smallest absolute Gasteiger partial charge is 0.263 e. The Hall–Kier alpha value is -3.68. The molecule has 2 aromatic carbocycles. The van der Waals surface area contributed by atoms with Crippen molar-refractivity contribution in [1.29, 1.82) is 0 Å². The maximum absolute atomic E-state index is 13.9. The minimum Gasteiger partial charge on any atom is -0.380 e. The molecule has 2 aromatic heterocycles. The van der Waals surface area contributed by atoms with Gasteiger partial charge in [-0.1, -0.05) is 30.3 Å². The van der Waals surface area contributed by atoms with Crippen LogP contribution in [0.5, 0.6) is 0 Å². The first kappa shape index (κ1) is 18.4. The zero-order chi connectivity index (χ0) is 20.5. The van der Waals surface area contributed by atoms with Crippen LogP contribution in [0.15, 0.2) is 65.6 Å². The molecule has 0 bridgehead atoms. The van der Waals surface area contributed by atoms with Crippen LogP contribution in [0.1, 0.15) is 12.8 Å². The lowest BCUT2D eigenvalue weighted by atomic mass is 10.0. The maximum Gasteiger partial charge on any atom is 0.263 e. The number of piperidine rings is 1. The number of halogens is 1. The molecule has 0 atom stereocenters. The van der Waals surface area contributed by atoms with Crippen molar-refractivity contribution in [3.63, 3.8) is 0 Å². The van der Waals surface area contributed by atoms with Crippen LogP contribution in [-0.2, 0) is 0 Å². The van der Waals surface area contributed by atoms with Crippen molar-refractivity contribution in [2.24, 2.45) is 0 Å². The number of aromatic amines is 1. The van der Waals surface area contributed by atoms with Crippen molar-refractivity contribution in [2.75, 3.05) is 23.3 Å². The van der Waals surface area contributed by atoms with E-state index in [-0.39, 0.29) is 17.4 Å². The lowest BCUT2D eigenvalue weighted by Gasteiger charge is -2.33. The first-order chi connectivity index (χ1) is 14.7. The highest BCUT2D eigenvalue weighted by Gasteiger charge is 2.22. The van der Waals surface area contributed by atoms with E-state index in [1.807, 2.05) is 36.4 Å². The number of nitrogens with zero attached hydrogens (tertiary/aromatic N) is 4. The Bertz CT molecular complexity index is 1230. The molecule has 1 aliphatic heterocycles. The van der Waals surface area contributed by atoms with Crippen molar-refractivity contribution in [3.05, 3.63) is 77.0 Å². The van der Waals surface area contributed by atoms with Gasteiger partial charge in [-0.25, -0.2) is 9.07 Å². The van der Waals surface area contributed by atoms with Crippen LogP contribution in [-0.4, -0.2) is 38.9 Å². The fourth-order valence-corrected chi connectivity index (χ4v) is 3.85. The Balaban J connectivity index is 1.37. The second-order valence-electron chi connectivity index (χ2n) is 7.40. The van der Waals surface area contributed by atoms with Gasteiger partial charge in [0, 0.05) is 19.1 Å². The lowest BCUT2D eigenvalue weighted by molar-refractivity contribution is 0.516. The van der Waals surface area contributed by atoms with Crippen LogP contribution in [0.25, 0.3) is 16.7 Å². The van der Waals surface area contributed by atoms with E-state index in [1.165, 1.54) is 6.07 Å². The van der Waals surface area contributed by atoms with E-state index >= 15 is 0 Å². The molecule has 8 heteroatoms. The van der Waals surface area contributed by atoms with E-state index in [9.17, 15) is 9.18 Å². The SMILES string of the molecule is O=c1[nH]c(N2CCC(Nc3ccccc3F)CC2)nc2c1cnn2-c1ccccc1. The zero-order valence-electron chi connectivity index (χ0n) is 16.3. The first-order valence-electron chi connectivity index (χ1n) is 9.98. The Morgan fingerprint density at radius 1 is 1.03 bits per heavy atom. The van der Waals surface area contributed by atoms with Crippen LogP contribution in [0, 0.1) is 5.82 Å². The molecule has 0 aliphatic carbocycles. The summed E-state index contributed by atoms with van der Waals surface area (Å²) in [5, 5.41) is 8.09. The molecule has 0 unspecified atom stereocenters. The maximum atomic E-state index is 13.9. The number of rotatable bonds is 4. The third kappa shape index (κ3) is 3.41. The molecular formula is C22H21FN6O. The Kier molecular flexibility index (Phi) is 4.66. The van der Waals surface area contributed by atoms with Crippen LogP contribution < -0.4 is 15.8 Å². The monoisotopic (exact) mass is 404 g/mol. The van der Waals surface area contributed by atoms with Gasteiger partial charge < -0.3 is 10.2 Å². The highest BCUT2D eigenvalue weighted by Crippen LogP contribution is 2.22. The molecule has 0 saturated carbocycles. The topological polar surface area (TPSA) is 78.8 Å². The molecule has 30 heavy (non-hydrogen) atoms. The summed E-state index contributed by atoms with van der Waals surface area (Å²) < 4.78 is 15.6. The van der Waals surface area contributed by atoms with Crippen LogP contribution in [0.4, 0.5) is 16.0 Å². The third-order valence-electron chi connectivity index (χ3n) is 5.45. The number of nitrogens with one attached hydrogen (secondary N) is 2. The van der Waals surface area contributed by atoms with Crippen LogP contribution in [0.2, 0.25) is 0 Å². The lowest BCUT2D eigenvalue weighted by Crippen LogP contribution is -2.40. The van der Waals surface area contributed by atoms with E-state index in [1.54, 1.807) is 23.0 Å². The molecule has 7 nitrogen and oxygen atoms in total. The molecule has 0 amide bonds. The van der Waals surface area contributed by atoms with Gasteiger partial charge in [0.05, 0.1) is 17.6 Å². The summed E-state index contributed by atoms with van der Waals surface area (Å²) in [6.07, 6.45) is 3.17. The van der Waals surface area contributed by atoms with Gasteiger partial charge >= 0.3 is 0 Å². The summed E-state index contributed by atoms with van der Waals surface area (Å²) in [6.45, 7) is 1.42. The second kappa shape index (κ2) is 7.62. The molecule has 4 aromatic rings. The van der Waals surface area contributed by atoms with Crippen molar-refractivity contribution in [1.82, 2.24) is 19.7 Å². The first-order valence-corrected chi connectivity index (χ1v) is 9.98. The second-order valence-corrected chi connectivity index (χ2v) is 7.40. The molecule has 0 radical (unpaired) electrons. The van der Waals surface area contributed by atoms with Crippen LogP contribution in [0.3, 0.4) is 0 Å². The van der Waals surface area contributed by atoms with Gasteiger partial charge in [-0.15, -0.1) is 0 Å². The molecule has 2 N–H and O–H groups in total. The molecule has 152 valence electrons. The van der Waals surface area contributed by atoms with Gasteiger partial charge in [-0.2, -0.15) is 10.1 Å². The highest BCUT2D eigenvalue weighted by atomic mass is 19.1. The van der Waals surface area contributed by atoms with Gasteiger partial charge in [0.25, 0.3) is 5.56 Å². The number of H-pyrrole nitrogens is 1. The van der Waals surface area contributed by atoms with Crippen LogP contribution >= 0.6 is 0 Å². The number of para-hydroxylation sites is 2. The predicted molar refractivity (Wildman–Crippen MR) is 115 cm³/mol. The van der Waals surface area contributed by atoms with Gasteiger partial charge in [0.1, 0.15) is 11.2 Å². The predicted octanol–water partition coefficient (Wildman–Crippen LogP) is 3.33. The molecule has 3 heterocycles. The fraction of sp³-hybridized carbons (Fsp3) is 0.227. The van der Waals surface area contributed by atoms with Gasteiger partial charge in [-0.05, 0) is 37.1 Å². The standard InChI is InChI=1S/C22H21FN6O/c23-18-8-4-5-9-19(18)25-15-10-12-28(13-11-15)22-26-20-17(21(30)27-22)14-24-29(20)16-6-2-1-3-7-16/h1-9,14-15,25H,10-13H2,(H,26,27,30). The normalized spacial score (nSPS) is 14.9. The molecular weight excluding hydrogens is 383 g/mol. The number of anilines is 2. The summed E-state index contributed by atoms with van der Waals surface area (Å²) in [6, 6.07) is 16.5. The van der Waals surface area contributed by atoms with Crippen molar-refractivity contribution >= 4 is 22.7 Å². The molecule has 1 fully saturated rings. The van der Waals surface area contributed by atoms with Gasteiger partial charge in [-0.3, -0.25) is 9.78 Å². The third-order valence-corrected chi connectivity index (χ3v) is 5.45. The highest BCUT2D eigenvalue weighted by molar-refractivity contribution is 5.76.